The molecule has 0 heterocycles. The number of ether oxygens (including phenoxy) is 2. The molecule has 0 aliphatic rings. The Balaban J connectivity index is 1.67. The molecule has 150 valence electrons. The lowest BCUT2D eigenvalue weighted by molar-refractivity contribution is 0.0643. The number of anilines is 1. The first kappa shape index (κ1) is 20.7. The van der Waals surface area contributed by atoms with Gasteiger partial charge in [0.15, 0.2) is 6.23 Å². The highest BCUT2D eigenvalue weighted by molar-refractivity contribution is 6.30. The normalized spacial score (nSPS) is 11.6. The molecule has 29 heavy (non-hydrogen) atoms. The van der Waals surface area contributed by atoms with Crippen molar-refractivity contribution in [2.45, 2.75) is 26.5 Å². The summed E-state index contributed by atoms with van der Waals surface area (Å²) < 4.78 is 11.1. The number of para-hydroxylation sites is 1. The standard InChI is InChI=1S/C24H24ClNO3/c1-3-26(22-14-9-13-21(25)17-22)18(2)28-24(27)29-23-15-8-7-12-20(23)16-19-10-5-4-6-11-19/h4-15,17-18H,3,16H2,1-2H3. The maximum atomic E-state index is 12.4. The molecule has 1 atom stereocenters. The molecule has 0 N–H and O–H groups in total. The fraction of sp³-hybridized carbons (Fsp3) is 0.208. The van der Waals surface area contributed by atoms with E-state index in [-0.39, 0.29) is 0 Å². The molecular formula is C24H24ClNO3. The predicted octanol–water partition coefficient (Wildman–Crippen LogP) is 6.32. The van der Waals surface area contributed by atoms with E-state index in [1.165, 1.54) is 0 Å². The highest BCUT2D eigenvalue weighted by Gasteiger charge is 2.19. The average molecular weight is 410 g/mol. The van der Waals surface area contributed by atoms with E-state index in [9.17, 15) is 4.79 Å². The van der Waals surface area contributed by atoms with Crippen LogP contribution >= 0.6 is 11.6 Å². The molecule has 0 aliphatic carbocycles. The molecule has 0 saturated carbocycles. The topological polar surface area (TPSA) is 38.8 Å². The van der Waals surface area contributed by atoms with Crippen molar-refractivity contribution in [3.63, 3.8) is 0 Å². The van der Waals surface area contributed by atoms with Gasteiger partial charge in [0.1, 0.15) is 5.75 Å². The monoisotopic (exact) mass is 409 g/mol. The SMILES string of the molecule is CCN(c1cccc(Cl)c1)C(C)OC(=O)Oc1ccccc1Cc1ccccc1. The van der Waals surface area contributed by atoms with Gasteiger partial charge in [-0.15, -0.1) is 0 Å². The van der Waals surface area contributed by atoms with Gasteiger partial charge < -0.3 is 14.4 Å². The van der Waals surface area contributed by atoms with Crippen molar-refractivity contribution in [2.75, 3.05) is 11.4 Å². The van der Waals surface area contributed by atoms with Crippen LogP contribution in [0, 0.1) is 0 Å². The van der Waals surface area contributed by atoms with Gasteiger partial charge >= 0.3 is 6.16 Å². The number of carbonyl (C=O) groups is 1. The lowest BCUT2D eigenvalue weighted by Crippen LogP contribution is -2.37. The summed E-state index contributed by atoms with van der Waals surface area (Å²) in [5, 5.41) is 0.630. The second kappa shape index (κ2) is 9.99. The molecule has 0 amide bonds. The summed E-state index contributed by atoms with van der Waals surface area (Å²) >= 11 is 6.09. The molecule has 3 rings (SSSR count). The van der Waals surface area contributed by atoms with Gasteiger partial charge in [-0.2, -0.15) is 0 Å². The fourth-order valence-electron chi connectivity index (χ4n) is 3.19. The van der Waals surface area contributed by atoms with E-state index in [4.69, 9.17) is 21.1 Å². The maximum absolute atomic E-state index is 12.4. The van der Waals surface area contributed by atoms with Crippen LogP contribution in [0.15, 0.2) is 78.9 Å². The Morgan fingerprint density at radius 1 is 1.00 bits per heavy atom. The van der Waals surface area contributed by atoms with Crippen molar-refractivity contribution in [1.29, 1.82) is 0 Å². The number of halogens is 1. The molecule has 3 aromatic carbocycles. The van der Waals surface area contributed by atoms with Gasteiger partial charge in [0, 0.05) is 23.7 Å². The summed E-state index contributed by atoms with van der Waals surface area (Å²) in [5.74, 6) is 0.499. The minimum atomic E-state index is -0.738. The van der Waals surface area contributed by atoms with Crippen LogP contribution < -0.4 is 9.64 Å². The lowest BCUT2D eigenvalue weighted by Gasteiger charge is -2.29. The molecule has 0 bridgehead atoms. The summed E-state index contributed by atoms with van der Waals surface area (Å²) in [4.78, 5) is 14.4. The van der Waals surface area contributed by atoms with E-state index in [0.29, 0.717) is 23.7 Å². The van der Waals surface area contributed by atoms with Crippen molar-refractivity contribution in [3.8, 4) is 5.75 Å². The quantitative estimate of drug-likeness (QED) is 0.260. The molecule has 3 aromatic rings. The molecule has 4 nitrogen and oxygen atoms in total. The van der Waals surface area contributed by atoms with E-state index in [2.05, 4.69) is 0 Å². The van der Waals surface area contributed by atoms with E-state index >= 15 is 0 Å². The van der Waals surface area contributed by atoms with Gasteiger partial charge in [0.25, 0.3) is 0 Å². The molecule has 0 radical (unpaired) electrons. The Morgan fingerprint density at radius 2 is 1.72 bits per heavy atom. The summed E-state index contributed by atoms with van der Waals surface area (Å²) in [7, 11) is 0. The van der Waals surface area contributed by atoms with Crippen molar-refractivity contribution in [1.82, 2.24) is 0 Å². The number of hydrogen-bond donors (Lipinski definition) is 0. The molecule has 0 spiro atoms. The fourth-order valence-corrected chi connectivity index (χ4v) is 3.37. The van der Waals surface area contributed by atoms with Crippen molar-refractivity contribution in [2.24, 2.45) is 0 Å². The highest BCUT2D eigenvalue weighted by Crippen LogP contribution is 2.24. The first-order valence-corrected chi connectivity index (χ1v) is 9.97. The Morgan fingerprint density at radius 3 is 2.45 bits per heavy atom. The van der Waals surface area contributed by atoms with Crippen molar-refractivity contribution >= 4 is 23.4 Å². The molecule has 0 aromatic heterocycles. The largest absolute Gasteiger partial charge is 0.515 e. The van der Waals surface area contributed by atoms with Gasteiger partial charge in [-0.25, -0.2) is 4.79 Å². The van der Waals surface area contributed by atoms with E-state index in [1.54, 1.807) is 6.07 Å². The van der Waals surface area contributed by atoms with Crippen LogP contribution in [-0.2, 0) is 11.2 Å². The maximum Gasteiger partial charge on any atom is 0.515 e. The Bertz CT molecular complexity index is 946. The van der Waals surface area contributed by atoms with E-state index < -0.39 is 12.4 Å². The first-order chi connectivity index (χ1) is 14.1. The first-order valence-electron chi connectivity index (χ1n) is 9.59. The van der Waals surface area contributed by atoms with Crippen LogP contribution in [0.4, 0.5) is 10.5 Å². The second-order valence-electron chi connectivity index (χ2n) is 6.61. The van der Waals surface area contributed by atoms with Gasteiger partial charge in [-0.3, -0.25) is 0 Å². The van der Waals surface area contributed by atoms with Gasteiger partial charge in [0.2, 0.25) is 0 Å². The number of benzene rings is 3. The van der Waals surface area contributed by atoms with Crippen LogP contribution in [0.25, 0.3) is 0 Å². The Labute approximate surface area is 176 Å². The molecular weight excluding hydrogens is 386 g/mol. The number of carbonyl (C=O) groups excluding carboxylic acids is 1. The van der Waals surface area contributed by atoms with Gasteiger partial charge in [-0.05, 0) is 49.2 Å². The van der Waals surface area contributed by atoms with Crippen LogP contribution in [0.2, 0.25) is 5.02 Å². The lowest BCUT2D eigenvalue weighted by atomic mass is 10.0. The van der Waals surface area contributed by atoms with Crippen LogP contribution in [0.1, 0.15) is 25.0 Å². The molecule has 0 fully saturated rings. The summed E-state index contributed by atoms with van der Waals surface area (Å²) in [5.41, 5.74) is 2.94. The third-order valence-electron chi connectivity index (χ3n) is 4.59. The predicted molar refractivity (Wildman–Crippen MR) is 117 cm³/mol. The Hall–Kier alpha value is -2.98. The molecule has 1 unspecified atom stereocenters. The summed E-state index contributed by atoms with van der Waals surface area (Å²) in [6, 6.07) is 25.0. The third kappa shape index (κ3) is 5.75. The molecule has 5 heteroatoms. The summed E-state index contributed by atoms with van der Waals surface area (Å²) in [6.45, 7) is 4.45. The van der Waals surface area contributed by atoms with Crippen molar-refractivity contribution in [3.05, 3.63) is 95.0 Å². The zero-order chi connectivity index (χ0) is 20.6. The van der Waals surface area contributed by atoms with Gasteiger partial charge in [0.05, 0.1) is 0 Å². The van der Waals surface area contributed by atoms with Crippen LogP contribution in [-0.4, -0.2) is 18.9 Å². The molecule has 0 aliphatic heterocycles. The number of hydrogen-bond acceptors (Lipinski definition) is 4. The number of rotatable bonds is 7. The number of nitrogens with zero attached hydrogens (tertiary/aromatic N) is 1. The third-order valence-corrected chi connectivity index (χ3v) is 4.82. The van der Waals surface area contributed by atoms with Crippen LogP contribution in [0.5, 0.6) is 5.75 Å². The smallest absolute Gasteiger partial charge is 0.410 e. The summed E-state index contributed by atoms with van der Waals surface area (Å²) in [6.07, 6.45) is -0.575. The zero-order valence-corrected chi connectivity index (χ0v) is 17.3. The Kier molecular flexibility index (Phi) is 7.14. The minimum Gasteiger partial charge on any atom is -0.410 e. The second-order valence-corrected chi connectivity index (χ2v) is 7.04. The van der Waals surface area contributed by atoms with E-state index in [0.717, 1.165) is 16.8 Å². The molecule has 0 saturated heterocycles. The minimum absolute atomic E-state index is 0.499. The van der Waals surface area contributed by atoms with Gasteiger partial charge in [-0.1, -0.05) is 66.2 Å². The van der Waals surface area contributed by atoms with Crippen molar-refractivity contribution < 1.29 is 14.3 Å². The van der Waals surface area contributed by atoms with E-state index in [1.807, 2.05) is 91.5 Å². The van der Waals surface area contributed by atoms with Crippen LogP contribution in [0.3, 0.4) is 0 Å². The average Bonchev–Trinajstić information content (AvgIpc) is 2.71. The highest BCUT2D eigenvalue weighted by atomic mass is 35.5. The zero-order valence-electron chi connectivity index (χ0n) is 16.5.